The standard InChI is InChI=1S/C19H22N2/c1-16-6-3-8-18(12-16)14-21(2)15-19-9-4-7-17(13-19)10-5-11-20/h3-4,6-9,12-13H,11,14-15,20H2,1-2H3. The molecule has 0 aliphatic carbocycles. The van der Waals surface area contributed by atoms with Gasteiger partial charge in [-0.15, -0.1) is 0 Å². The second-order valence-corrected chi connectivity index (χ2v) is 5.37. The van der Waals surface area contributed by atoms with E-state index in [1.807, 2.05) is 6.07 Å². The summed E-state index contributed by atoms with van der Waals surface area (Å²) in [6.45, 7) is 4.38. The molecule has 0 spiro atoms. The lowest BCUT2D eigenvalue weighted by atomic mass is 10.1. The Morgan fingerprint density at radius 3 is 2.33 bits per heavy atom. The fourth-order valence-electron chi connectivity index (χ4n) is 2.39. The molecule has 0 radical (unpaired) electrons. The molecule has 2 aromatic rings. The minimum Gasteiger partial charge on any atom is -0.320 e. The molecule has 0 amide bonds. The van der Waals surface area contributed by atoms with Crippen LogP contribution in [0.15, 0.2) is 48.5 Å². The van der Waals surface area contributed by atoms with Crippen LogP contribution in [0, 0.1) is 18.8 Å². The molecule has 2 aromatic carbocycles. The minimum absolute atomic E-state index is 0.400. The zero-order chi connectivity index (χ0) is 15.1. The van der Waals surface area contributed by atoms with Gasteiger partial charge in [0.2, 0.25) is 0 Å². The highest BCUT2D eigenvalue weighted by Crippen LogP contribution is 2.11. The van der Waals surface area contributed by atoms with Gasteiger partial charge in [-0.1, -0.05) is 53.8 Å². The summed E-state index contributed by atoms with van der Waals surface area (Å²) in [5, 5.41) is 0. The van der Waals surface area contributed by atoms with Crippen molar-refractivity contribution in [3.8, 4) is 11.8 Å². The number of nitrogens with zero attached hydrogens (tertiary/aromatic N) is 1. The number of benzene rings is 2. The van der Waals surface area contributed by atoms with Gasteiger partial charge in [0, 0.05) is 18.7 Å². The largest absolute Gasteiger partial charge is 0.320 e. The molecule has 0 saturated heterocycles. The monoisotopic (exact) mass is 278 g/mol. The lowest BCUT2D eigenvalue weighted by Crippen LogP contribution is -2.17. The fraction of sp³-hybridized carbons (Fsp3) is 0.263. The van der Waals surface area contributed by atoms with Crippen molar-refractivity contribution in [2.45, 2.75) is 20.0 Å². The lowest BCUT2D eigenvalue weighted by molar-refractivity contribution is 0.319. The highest BCUT2D eigenvalue weighted by Gasteiger charge is 2.02. The lowest BCUT2D eigenvalue weighted by Gasteiger charge is -2.17. The van der Waals surface area contributed by atoms with E-state index >= 15 is 0 Å². The number of rotatable bonds is 4. The Morgan fingerprint density at radius 2 is 1.67 bits per heavy atom. The summed E-state index contributed by atoms with van der Waals surface area (Å²) in [6.07, 6.45) is 0. The molecule has 0 aromatic heterocycles. The SMILES string of the molecule is Cc1cccc(CN(C)Cc2cccc(C#CCN)c2)c1. The first-order valence-corrected chi connectivity index (χ1v) is 7.19. The molecule has 0 aliphatic heterocycles. The zero-order valence-electron chi connectivity index (χ0n) is 12.8. The van der Waals surface area contributed by atoms with Crippen LogP contribution in [-0.4, -0.2) is 18.5 Å². The van der Waals surface area contributed by atoms with E-state index in [0.717, 1.165) is 18.7 Å². The van der Waals surface area contributed by atoms with Gasteiger partial charge in [0.15, 0.2) is 0 Å². The summed E-state index contributed by atoms with van der Waals surface area (Å²) >= 11 is 0. The second kappa shape index (κ2) is 7.64. The van der Waals surface area contributed by atoms with E-state index in [0.29, 0.717) is 6.54 Å². The van der Waals surface area contributed by atoms with Gasteiger partial charge in [0.05, 0.1) is 6.54 Å². The van der Waals surface area contributed by atoms with Crippen LogP contribution in [0.2, 0.25) is 0 Å². The molecule has 0 unspecified atom stereocenters. The Hall–Kier alpha value is -2.08. The van der Waals surface area contributed by atoms with E-state index in [1.54, 1.807) is 0 Å². The highest BCUT2D eigenvalue weighted by atomic mass is 15.1. The van der Waals surface area contributed by atoms with Crippen molar-refractivity contribution in [1.29, 1.82) is 0 Å². The quantitative estimate of drug-likeness (QED) is 0.871. The van der Waals surface area contributed by atoms with Crippen molar-refractivity contribution in [1.82, 2.24) is 4.90 Å². The molecule has 108 valence electrons. The van der Waals surface area contributed by atoms with E-state index in [4.69, 9.17) is 5.73 Å². The molecule has 0 heterocycles. The van der Waals surface area contributed by atoms with E-state index in [-0.39, 0.29) is 0 Å². The van der Waals surface area contributed by atoms with Gasteiger partial charge >= 0.3 is 0 Å². The predicted octanol–water partition coefficient (Wildman–Crippen LogP) is 2.94. The van der Waals surface area contributed by atoms with Crippen molar-refractivity contribution in [2.24, 2.45) is 5.73 Å². The van der Waals surface area contributed by atoms with Gasteiger partial charge in [-0.2, -0.15) is 0 Å². The van der Waals surface area contributed by atoms with Crippen molar-refractivity contribution >= 4 is 0 Å². The summed E-state index contributed by atoms with van der Waals surface area (Å²) < 4.78 is 0. The topological polar surface area (TPSA) is 29.3 Å². The molecule has 2 nitrogen and oxygen atoms in total. The maximum atomic E-state index is 5.41. The minimum atomic E-state index is 0.400. The van der Waals surface area contributed by atoms with Crippen LogP contribution in [0.3, 0.4) is 0 Å². The Balaban J connectivity index is 2.00. The van der Waals surface area contributed by atoms with Crippen LogP contribution >= 0.6 is 0 Å². The fourth-order valence-corrected chi connectivity index (χ4v) is 2.39. The maximum absolute atomic E-state index is 5.41. The summed E-state index contributed by atoms with van der Waals surface area (Å²) in [6, 6.07) is 17.0. The van der Waals surface area contributed by atoms with Crippen LogP contribution in [0.25, 0.3) is 0 Å². The third kappa shape index (κ3) is 5.07. The first-order valence-electron chi connectivity index (χ1n) is 7.19. The van der Waals surface area contributed by atoms with Crippen LogP contribution < -0.4 is 5.73 Å². The summed E-state index contributed by atoms with van der Waals surface area (Å²) in [7, 11) is 2.14. The number of hydrogen-bond acceptors (Lipinski definition) is 2. The molecule has 21 heavy (non-hydrogen) atoms. The van der Waals surface area contributed by atoms with Gasteiger partial charge in [-0.05, 0) is 37.2 Å². The Morgan fingerprint density at radius 1 is 1.00 bits per heavy atom. The van der Waals surface area contributed by atoms with E-state index in [2.05, 4.69) is 73.2 Å². The van der Waals surface area contributed by atoms with Crippen LogP contribution in [-0.2, 0) is 13.1 Å². The normalized spacial score (nSPS) is 10.3. The summed E-state index contributed by atoms with van der Waals surface area (Å²) in [4.78, 5) is 2.31. The molecule has 2 heteroatoms. The van der Waals surface area contributed by atoms with Gasteiger partial charge in [0.1, 0.15) is 0 Å². The first-order chi connectivity index (χ1) is 10.2. The highest BCUT2D eigenvalue weighted by molar-refractivity contribution is 5.37. The first kappa shape index (κ1) is 15.3. The maximum Gasteiger partial charge on any atom is 0.0555 e. The molecule has 0 saturated carbocycles. The molecular formula is C19H22N2. The third-order valence-corrected chi connectivity index (χ3v) is 3.25. The molecule has 0 aliphatic rings. The van der Waals surface area contributed by atoms with Gasteiger partial charge in [0.25, 0.3) is 0 Å². The van der Waals surface area contributed by atoms with Crippen molar-refractivity contribution in [3.63, 3.8) is 0 Å². The molecule has 2 rings (SSSR count). The van der Waals surface area contributed by atoms with Crippen molar-refractivity contribution in [2.75, 3.05) is 13.6 Å². The van der Waals surface area contributed by atoms with Crippen LogP contribution in [0.4, 0.5) is 0 Å². The molecule has 0 bridgehead atoms. The number of aryl methyl sites for hydroxylation is 1. The van der Waals surface area contributed by atoms with Crippen LogP contribution in [0.5, 0.6) is 0 Å². The van der Waals surface area contributed by atoms with Gasteiger partial charge in [-0.25, -0.2) is 0 Å². The Bertz CT molecular complexity index is 650. The molecular weight excluding hydrogens is 256 g/mol. The predicted molar refractivity (Wildman–Crippen MR) is 88.7 cm³/mol. The average molecular weight is 278 g/mol. The van der Waals surface area contributed by atoms with E-state index in [9.17, 15) is 0 Å². The van der Waals surface area contributed by atoms with Crippen molar-refractivity contribution < 1.29 is 0 Å². The van der Waals surface area contributed by atoms with Crippen LogP contribution in [0.1, 0.15) is 22.3 Å². The van der Waals surface area contributed by atoms with Gasteiger partial charge < -0.3 is 5.73 Å². The molecule has 0 fully saturated rings. The zero-order valence-corrected chi connectivity index (χ0v) is 12.8. The van der Waals surface area contributed by atoms with Crippen molar-refractivity contribution in [3.05, 3.63) is 70.8 Å². The average Bonchev–Trinajstić information content (AvgIpc) is 2.45. The molecule has 2 N–H and O–H groups in total. The third-order valence-electron chi connectivity index (χ3n) is 3.25. The second-order valence-electron chi connectivity index (χ2n) is 5.37. The number of hydrogen-bond donors (Lipinski definition) is 1. The summed E-state index contributed by atoms with van der Waals surface area (Å²) in [5.74, 6) is 5.98. The van der Waals surface area contributed by atoms with E-state index in [1.165, 1.54) is 16.7 Å². The smallest absolute Gasteiger partial charge is 0.0555 e. The van der Waals surface area contributed by atoms with Gasteiger partial charge in [-0.3, -0.25) is 4.90 Å². The van der Waals surface area contributed by atoms with E-state index < -0.39 is 0 Å². The Kier molecular flexibility index (Phi) is 5.57. The molecule has 0 atom stereocenters. The summed E-state index contributed by atoms with van der Waals surface area (Å²) in [5.41, 5.74) is 10.4. The number of nitrogens with two attached hydrogens (primary N) is 1. The Labute approximate surface area is 127 Å².